The van der Waals surface area contributed by atoms with E-state index >= 15 is 0 Å². The summed E-state index contributed by atoms with van der Waals surface area (Å²) in [5.74, 6) is 0.142. The first-order chi connectivity index (χ1) is 12.5. The van der Waals surface area contributed by atoms with Crippen LogP contribution in [0.3, 0.4) is 0 Å². The first-order valence-corrected chi connectivity index (χ1v) is 9.00. The number of para-hydroxylation sites is 1. The van der Waals surface area contributed by atoms with Crippen LogP contribution in [0.2, 0.25) is 0 Å². The van der Waals surface area contributed by atoms with Crippen molar-refractivity contribution in [2.24, 2.45) is 0 Å². The summed E-state index contributed by atoms with van der Waals surface area (Å²) >= 11 is 3.33. The maximum Gasteiger partial charge on any atom is 0.276 e. The average molecular weight is 421 g/mol. The van der Waals surface area contributed by atoms with Gasteiger partial charge in [0.25, 0.3) is 11.8 Å². The molecule has 2 rings (SSSR count). The number of carbonyl (C=O) groups is 2. The number of hydrogen-bond acceptors (Lipinski definition) is 4. The average Bonchev–Trinajstić information content (AvgIpc) is 2.64. The molecule has 0 spiro atoms. The predicted octanol–water partition coefficient (Wildman–Crippen LogP) is 3.39. The zero-order valence-electron chi connectivity index (χ0n) is 14.7. The second kappa shape index (κ2) is 9.82. The number of amides is 2. The molecular formula is C19H21BrN2O4. The van der Waals surface area contributed by atoms with E-state index in [2.05, 4.69) is 26.8 Å². The van der Waals surface area contributed by atoms with Gasteiger partial charge in [-0.05, 0) is 43.2 Å². The molecule has 0 fully saturated rings. The summed E-state index contributed by atoms with van der Waals surface area (Å²) in [6.45, 7) is 4.16. The molecule has 0 heterocycles. The zero-order valence-corrected chi connectivity index (χ0v) is 16.3. The van der Waals surface area contributed by atoms with Gasteiger partial charge in [-0.2, -0.15) is 0 Å². The Balaban J connectivity index is 1.90. The van der Waals surface area contributed by atoms with Gasteiger partial charge in [0.05, 0.1) is 12.2 Å². The summed E-state index contributed by atoms with van der Waals surface area (Å²) in [6, 6.07) is 12.5. The van der Waals surface area contributed by atoms with Gasteiger partial charge in [-0.25, -0.2) is 0 Å². The minimum Gasteiger partial charge on any atom is -0.493 e. The van der Waals surface area contributed by atoms with Crippen molar-refractivity contribution in [3.8, 4) is 11.5 Å². The molecule has 26 heavy (non-hydrogen) atoms. The Kier molecular flexibility index (Phi) is 7.47. The van der Waals surface area contributed by atoms with Gasteiger partial charge in [0.2, 0.25) is 0 Å². The van der Waals surface area contributed by atoms with Crippen molar-refractivity contribution in [3.05, 3.63) is 58.1 Å². The molecule has 6 nitrogen and oxygen atoms in total. The number of rotatable bonds is 7. The highest BCUT2D eigenvalue weighted by Gasteiger charge is 2.14. The molecule has 2 N–H and O–H groups in total. The molecule has 0 saturated carbocycles. The van der Waals surface area contributed by atoms with E-state index in [-0.39, 0.29) is 6.61 Å². The molecule has 0 aliphatic rings. The van der Waals surface area contributed by atoms with Crippen molar-refractivity contribution in [2.75, 3.05) is 13.2 Å². The monoisotopic (exact) mass is 420 g/mol. The van der Waals surface area contributed by atoms with Crippen LogP contribution in [0.15, 0.2) is 46.9 Å². The minimum absolute atomic E-state index is 0.206. The topological polar surface area (TPSA) is 76.7 Å². The fourth-order valence-corrected chi connectivity index (χ4v) is 2.47. The van der Waals surface area contributed by atoms with Gasteiger partial charge in [0.1, 0.15) is 11.5 Å². The van der Waals surface area contributed by atoms with Crippen molar-refractivity contribution in [1.29, 1.82) is 0 Å². The number of ether oxygens (including phenoxy) is 2. The van der Waals surface area contributed by atoms with Crippen molar-refractivity contribution < 1.29 is 19.1 Å². The Bertz CT molecular complexity index is 780. The normalized spacial score (nSPS) is 10.1. The van der Waals surface area contributed by atoms with Gasteiger partial charge in [-0.15, -0.1) is 0 Å². The lowest BCUT2D eigenvalue weighted by Crippen LogP contribution is -2.44. The predicted molar refractivity (Wildman–Crippen MR) is 102 cm³/mol. The molecule has 7 heteroatoms. The van der Waals surface area contributed by atoms with E-state index in [1.54, 1.807) is 24.3 Å². The molecule has 0 unspecified atom stereocenters. The van der Waals surface area contributed by atoms with Gasteiger partial charge in [-0.3, -0.25) is 20.4 Å². The summed E-state index contributed by atoms with van der Waals surface area (Å²) < 4.78 is 11.7. The first-order valence-electron chi connectivity index (χ1n) is 8.21. The maximum absolute atomic E-state index is 12.3. The Labute approximate surface area is 161 Å². The van der Waals surface area contributed by atoms with Crippen LogP contribution < -0.4 is 20.3 Å². The molecule has 0 aliphatic heterocycles. The number of hydrazine groups is 1. The number of benzene rings is 2. The smallest absolute Gasteiger partial charge is 0.276 e. The van der Waals surface area contributed by atoms with Gasteiger partial charge in [-0.1, -0.05) is 41.1 Å². The van der Waals surface area contributed by atoms with E-state index in [1.807, 2.05) is 32.0 Å². The fourth-order valence-electron chi connectivity index (χ4n) is 2.11. The number of hydrogen-bond donors (Lipinski definition) is 2. The van der Waals surface area contributed by atoms with E-state index in [1.165, 1.54) is 0 Å². The third-order valence-electron chi connectivity index (χ3n) is 3.42. The lowest BCUT2D eigenvalue weighted by Gasteiger charge is -2.13. The van der Waals surface area contributed by atoms with Crippen LogP contribution in [0.5, 0.6) is 11.5 Å². The Hall–Kier alpha value is -2.54. The lowest BCUT2D eigenvalue weighted by molar-refractivity contribution is -0.123. The zero-order chi connectivity index (χ0) is 18.9. The molecule has 0 aliphatic carbocycles. The third-order valence-corrected chi connectivity index (χ3v) is 3.91. The first kappa shape index (κ1) is 19.8. The minimum atomic E-state index is -0.471. The highest BCUT2D eigenvalue weighted by Crippen LogP contribution is 2.23. The number of carbonyl (C=O) groups excluding carboxylic acids is 2. The molecule has 0 bridgehead atoms. The fraction of sp³-hybridized carbons (Fsp3) is 0.263. The SMILES string of the molecule is CCCOc1ccc(Br)cc1C(=O)NNC(=O)COc1ccccc1C. The number of halogens is 1. The van der Waals surface area contributed by atoms with Crippen LogP contribution in [0.25, 0.3) is 0 Å². The Morgan fingerprint density at radius 1 is 1.04 bits per heavy atom. The van der Waals surface area contributed by atoms with E-state index < -0.39 is 11.8 Å². The number of nitrogens with one attached hydrogen (secondary N) is 2. The lowest BCUT2D eigenvalue weighted by atomic mass is 10.2. The molecule has 2 aromatic carbocycles. The highest BCUT2D eigenvalue weighted by atomic mass is 79.9. The molecule has 2 amide bonds. The van der Waals surface area contributed by atoms with Crippen molar-refractivity contribution in [3.63, 3.8) is 0 Å². The van der Waals surface area contributed by atoms with Gasteiger partial charge < -0.3 is 9.47 Å². The summed E-state index contributed by atoms with van der Waals surface area (Å²) in [5.41, 5.74) is 5.97. The summed E-state index contributed by atoms with van der Waals surface area (Å²) in [6.07, 6.45) is 0.824. The largest absolute Gasteiger partial charge is 0.493 e. The van der Waals surface area contributed by atoms with Crippen LogP contribution in [0.4, 0.5) is 0 Å². The van der Waals surface area contributed by atoms with Gasteiger partial charge in [0, 0.05) is 4.47 Å². The second-order valence-electron chi connectivity index (χ2n) is 5.55. The van der Waals surface area contributed by atoms with E-state index in [0.717, 1.165) is 16.5 Å². The molecule has 0 aromatic heterocycles. The van der Waals surface area contributed by atoms with Gasteiger partial charge >= 0.3 is 0 Å². The summed E-state index contributed by atoms with van der Waals surface area (Å²) in [4.78, 5) is 24.2. The molecule has 0 radical (unpaired) electrons. The van der Waals surface area contributed by atoms with E-state index in [4.69, 9.17) is 9.47 Å². The summed E-state index contributed by atoms with van der Waals surface area (Å²) in [5, 5.41) is 0. The number of aryl methyl sites for hydroxylation is 1. The van der Waals surface area contributed by atoms with Crippen LogP contribution in [0.1, 0.15) is 29.3 Å². The van der Waals surface area contributed by atoms with Crippen molar-refractivity contribution >= 4 is 27.7 Å². The molecule has 138 valence electrons. The van der Waals surface area contributed by atoms with Crippen molar-refractivity contribution in [1.82, 2.24) is 10.9 Å². The van der Waals surface area contributed by atoms with Crippen LogP contribution in [0, 0.1) is 6.92 Å². The third kappa shape index (κ3) is 5.77. The maximum atomic E-state index is 12.3. The Morgan fingerprint density at radius 2 is 1.81 bits per heavy atom. The molecule has 0 saturated heterocycles. The standard InChI is InChI=1S/C19H21BrN2O4/c1-3-10-25-17-9-8-14(20)11-15(17)19(24)22-21-18(23)12-26-16-7-5-4-6-13(16)2/h4-9,11H,3,10,12H2,1-2H3,(H,21,23)(H,22,24). The molecule has 2 aromatic rings. The molecular weight excluding hydrogens is 400 g/mol. The summed E-state index contributed by atoms with van der Waals surface area (Å²) in [7, 11) is 0. The van der Waals surface area contributed by atoms with E-state index in [0.29, 0.717) is 23.7 Å². The van der Waals surface area contributed by atoms with Gasteiger partial charge in [0.15, 0.2) is 6.61 Å². The Morgan fingerprint density at radius 3 is 2.54 bits per heavy atom. The quantitative estimate of drug-likeness (QED) is 0.673. The van der Waals surface area contributed by atoms with Crippen molar-refractivity contribution in [2.45, 2.75) is 20.3 Å². The second-order valence-corrected chi connectivity index (χ2v) is 6.46. The van der Waals surface area contributed by atoms with Crippen LogP contribution in [-0.4, -0.2) is 25.0 Å². The highest BCUT2D eigenvalue weighted by molar-refractivity contribution is 9.10. The van der Waals surface area contributed by atoms with Crippen LogP contribution in [-0.2, 0) is 4.79 Å². The van der Waals surface area contributed by atoms with E-state index in [9.17, 15) is 9.59 Å². The molecule has 0 atom stereocenters. The van der Waals surface area contributed by atoms with Crippen LogP contribution >= 0.6 is 15.9 Å².